The summed E-state index contributed by atoms with van der Waals surface area (Å²) in [5.41, 5.74) is 6.14. The predicted molar refractivity (Wildman–Crippen MR) is 127 cm³/mol. The molecule has 0 aliphatic heterocycles. The Hall–Kier alpha value is -2.48. The number of rotatable bonds is 14. The molecule has 0 saturated heterocycles. The average molecular weight is 503 g/mol. The molecule has 0 bridgehead atoms. The summed E-state index contributed by atoms with van der Waals surface area (Å²) in [5.74, 6) is -3.02. The smallest absolute Gasteiger partial charge is 0.327 e. The van der Waals surface area contributed by atoms with Gasteiger partial charge in [-0.3, -0.25) is 14.4 Å². The van der Waals surface area contributed by atoms with Crippen molar-refractivity contribution in [3.63, 3.8) is 0 Å². The SMILES string of the molecule is CSCCC(NC(=O)C(Cc1ccc(O)cc1)NC(=O)C(N)CO)C(=O)NC(CS)C(=O)O. The second-order valence-corrected chi connectivity index (χ2v) is 8.50. The molecule has 8 N–H and O–H groups in total. The summed E-state index contributed by atoms with van der Waals surface area (Å²) < 4.78 is 0. The fourth-order valence-corrected chi connectivity index (χ4v) is 3.39. The summed E-state index contributed by atoms with van der Waals surface area (Å²) in [5, 5.41) is 35.1. The quantitative estimate of drug-likeness (QED) is 0.140. The van der Waals surface area contributed by atoms with Crippen LogP contribution in [0.5, 0.6) is 5.75 Å². The first-order valence-corrected chi connectivity index (χ1v) is 12.0. The summed E-state index contributed by atoms with van der Waals surface area (Å²) in [6.45, 7) is -0.627. The van der Waals surface area contributed by atoms with E-state index in [1.54, 1.807) is 12.1 Å². The van der Waals surface area contributed by atoms with Crippen molar-refractivity contribution in [1.29, 1.82) is 0 Å². The van der Waals surface area contributed by atoms with Crippen molar-refractivity contribution in [3.8, 4) is 5.75 Å². The number of thiol groups is 1. The highest BCUT2D eigenvalue weighted by molar-refractivity contribution is 7.98. The number of amides is 3. The first kappa shape index (κ1) is 28.6. The topological polar surface area (TPSA) is 191 Å². The molecule has 0 spiro atoms. The summed E-state index contributed by atoms with van der Waals surface area (Å²) in [7, 11) is 0. The van der Waals surface area contributed by atoms with Gasteiger partial charge in [0.2, 0.25) is 17.7 Å². The van der Waals surface area contributed by atoms with Crippen molar-refractivity contribution >= 4 is 48.1 Å². The molecule has 0 radical (unpaired) electrons. The van der Waals surface area contributed by atoms with E-state index in [2.05, 4.69) is 28.6 Å². The van der Waals surface area contributed by atoms with Gasteiger partial charge in [-0.2, -0.15) is 24.4 Å². The van der Waals surface area contributed by atoms with Gasteiger partial charge >= 0.3 is 5.97 Å². The third-order valence-corrected chi connectivity index (χ3v) is 5.59. The lowest BCUT2D eigenvalue weighted by atomic mass is 10.0. The van der Waals surface area contributed by atoms with Crippen LogP contribution < -0.4 is 21.7 Å². The number of phenols is 1. The number of phenolic OH excluding ortho intramolecular Hbond substituents is 1. The fourth-order valence-electron chi connectivity index (χ4n) is 2.67. The maximum absolute atomic E-state index is 13.0. The number of carbonyl (C=O) groups excluding carboxylic acids is 3. The Bertz CT molecular complexity index is 810. The first-order valence-electron chi connectivity index (χ1n) is 10.0. The number of aliphatic hydroxyl groups is 1. The molecule has 4 atom stereocenters. The minimum absolute atomic E-state index is 0.0151. The minimum atomic E-state index is -1.26. The molecule has 4 unspecified atom stereocenters. The van der Waals surface area contributed by atoms with Gasteiger partial charge in [-0.05, 0) is 36.1 Å². The number of aliphatic hydroxyl groups excluding tert-OH is 1. The summed E-state index contributed by atoms with van der Waals surface area (Å²) >= 11 is 5.35. The van der Waals surface area contributed by atoms with Crippen molar-refractivity contribution < 1.29 is 34.5 Å². The van der Waals surface area contributed by atoms with E-state index in [1.807, 2.05) is 6.26 Å². The van der Waals surface area contributed by atoms with Gasteiger partial charge in [0.15, 0.2) is 0 Å². The van der Waals surface area contributed by atoms with Crippen molar-refractivity contribution in [1.82, 2.24) is 16.0 Å². The van der Waals surface area contributed by atoms with Gasteiger partial charge in [-0.15, -0.1) is 0 Å². The highest BCUT2D eigenvalue weighted by Gasteiger charge is 2.30. The van der Waals surface area contributed by atoms with Gasteiger partial charge in [0, 0.05) is 12.2 Å². The van der Waals surface area contributed by atoms with Crippen LogP contribution in [0.1, 0.15) is 12.0 Å². The number of benzene rings is 1. The molecular weight excluding hydrogens is 472 g/mol. The zero-order chi connectivity index (χ0) is 25.0. The summed E-state index contributed by atoms with van der Waals surface area (Å²) in [6, 6.07) is 1.29. The number of carbonyl (C=O) groups is 4. The number of aromatic hydroxyl groups is 1. The van der Waals surface area contributed by atoms with Gasteiger partial charge in [0.05, 0.1) is 6.61 Å². The van der Waals surface area contributed by atoms with Crippen LogP contribution in [0.15, 0.2) is 24.3 Å². The maximum atomic E-state index is 13.0. The molecule has 3 amide bonds. The van der Waals surface area contributed by atoms with E-state index in [1.165, 1.54) is 23.9 Å². The second kappa shape index (κ2) is 14.6. The molecule has 11 nitrogen and oxygen atoms in total. The van der Waals surface area contributed by atoms with Gasteiger partial charge in [0.1, 0.15) is 29.9 Å². The van der Waals surface area contributed by atoms with Crippen LogP contribution in [-0.2, 0) is 25.6 Å². The molecule has 0 heterocycles. The minimum Gasteiger partial charge on any atom is -0.508 e. The molecule has 1 rings (SSSR count). The lowest BCUT2D eigenvalue weighted by molar-refractivity contribution is -0.141. The van der Waals surface area contributed by atoms with Crippen LogP contribution in [0.4, 0.5) is 0 Å². The number of nitrogens with one attached hydrogen (secondary N) is 3. The Morgan fingerprint density at radius 1 is 1.00 bits per heavy atom. The average Bonchev–Trinajstić information content (AvgIpc) is 2.79. The number of nitrogens with two attached hydrogens (primary N) is 1. The van der Waals surface area contributed by atoms with Crippen molar-refractivity contribution in [2.75, 3.05) is 24.4 Å². The third kappa shape index (κ3) is 9.90. The van der Waals surface area contributed by atoms with Gasteiger partial charge in [0.25, 0.3) is 0 Å². The summed E-state index contributed by atoms with van der Waals surface area (Å²) in [6.07, 6.45) is 2.05. The number of aliphatic carboxylic acids is 1. The first-order chi connectivity index (χ1) is 15.6. The molecule has 0 aliphatic carbocycles. The third-order valence-electron chi connectivity index (χ3n) is 4.58. The predicted octanol–water partition coefficient (Wildman–Crippen LogP) is -1.52. The molecule has 0 saturated carbocycles. The number of hydrogen-bond acceptors (Lipinski definition) is 9. The molecule has 13 heteroatoms. The molecule has 1 aromatic carbocycles. The lowest BCUT2D eigenvalue weighted by Crippen LogP contribution is -2.58. The standard InChI is InChI=1S/C20H30N4O7S2/c1-33-7-6-14(18(28)24-16(10-32)20(30)31)22-19(29)15(23-17(27)13(21)9-25)8-11-2-4-12(26)5-3-11/h2-5,13-16,25-26,32H,6-10,21H2,1H3,(H,22,29)(H,23,27)(H,24,28)(H,30,31). The van der Waals surface area contributed by atoms with E-state index in [9.17, 15) is 24.3 Å². The molecule has 1 aromatic rings. The van der Waals surface area contributed by atoms with Crippen molar-refractivity contribution in [2.24, 2.45) is 5.73 Å². The molecule has 0 aromatic heterocycles. The van der Waals surface area contributed by atoms with Crippen LogP contribution in [0.3, 0.4) is 0 Å². The van der Waals surface area contributed by atoms with Crippen LogP contribution in [0.2, 0.25) is 0 Å². The van der Waals surface area contributed by atoms with E-state index in [-0.39, 0.29) is 24.3 Å². The van der Waals surface area contributed by atoms with Crippen LogP contribution in [0.25, 0.3) is 0 Å². The van der Waals surface area contributed by atoms with Gasteiger partial charge in [-0.25, -0.2) is 4.79 Å². The number of carboxylic acids is 1. The Balaban J connectivity index is 3.05. The molecule has 184 valence electrons. The molecule has 0 aliphatic rings. The van der Waals surface area contributed by atoms with Crippen LogP contribution in [0, 0.1) is 0 Å². The number of hydrogen-bond donors (Lipinski definition) is 8. The van der Waals surface area contributed by atoms with E-state index in [0.717, 1.165) is 0 Å². The maximum Gasteiger partial charge on any atom is 0.327 e. The van der Waals surface area contributed by atoms with Crippen LogP contribution in [-0.4, -0.2) is 87.5 Å². The zero-order valence-corrected chi connectivity index (χ0v) is 19.8. The van der Waals surface area contributed by atoms with Crippen molar-refractivity contribution in [3.05, 3.63) is 29.8 Å². The number of carboxylic acid groups (broad SMARTS) is 1. The Kier molecular flexibility index (Phi) is 12.7. The van der Waals surface area contributed by atoms with E-state index < -0.39 is 54.5 Å². The Morgan fingerprint density at radius 2 is 1.55 bits per heavy atom. The van der Waals surface area contributed by atoms with Crippen LogP contribution >= 0.6 is 24.4 Å². The molecule has 0 fully saturated rings. The fraction of sp³-hybridized carbons (Fsp3) is 0.500. The van der Waals surface area contributed by atoms with E-state index in [4.69, 9.17) is 15.9 Å². The van der Waals surface area contributed by atoms with Gasteiger partial charge < -0.3 is 37.0 Å². The monoisotopic (exact) mass is 502 g/mol. The van der Waals surface area contributed by atoms with E-state index >= 15 is 0 Å². The Labute approximate surface area is 201 Å². The normalized spacial score (nSPS) is 14.4. The molecular formula is C20H30N4O7S2. The molecule has 33 heavy (non-hydrogen) atoms. The largest absolute Gasteiger partial charge is 0.508 e. The lowest BCUT2D eigenvalue weighted by Gasteiger charge is -2.25. The second-order valence-electron chi connectivity index (χ2n) is 7.15. The highest BCUT2D eigenvalue weighted by Crippen LogP contribution is 2.12. The summed E-state index contributed by atoms with van der Waals surface area (Å²) in [4.78, 5) is 49.1. The number of thioether (sulfide) groups is 1. The zero-order valence-electron chi connectivity index (χ0n) is 18.1. The highest BCUT2D eigenvalue weighted by atomic mass is 32.2. The Morgan fingerprint density at radius 3 is 2.06 bits per heavy atom. The van der Waals surface area contributed by atoms with Crippen molar-refractivity contribution in [2.45, 2.75) is 37.0 Å². The van der Waals surface area contributed by atoms with Gasteiger partial charge in [-0.1, -0.05) is 12.1 Å². The van der Waals surface area contributed by atoms with E-state index in [0.29, 0.717) is 11.3 Å².